The van der Waals surface area contributed by atoms with E-state index in [1.165, 1.54) is 0 Å². The summed E-state index contributed by atoms with van der Waals surface area (Å²) in [5.41, 5.74) is 1.90. The van der Waals surface area contributed by atoms with Gasteiger partial charge in [-0.15, -0.1) is 0 Å². The monoisotopic (exact) mass is 178 g/mol. The Hall–Kier alpha value is -1.38. The number of hydrogen-bond acceptors (Lipinski definition) is 2. The fourth-order valence-corrected chi connectivity index (χ4v) is 1.27. The van der Waals surface area contributed by atoms with Crippen LogP contribution in [-0.4, -0.2) is 10.9 Å². The number of anilines is 1. The molecule has 1 amide bonds. The molecule has 0 fully saturated rings. The van der Waals surface area contributed by atoms with Crippen LogP contribution in [0.2, 0.25) is 0 Å². The Kier molecular flexibility index (Phi) is 3.01. The lowest BCUT2D eigenvalue weighted by atomic mass is 10.1. The van der Waals surface area contributed by atoms with Crippen LogP contribution < -0.4 is 5.32 Å². The molecule has 2 heterocycles. The van der Waals surface area contributed by atoms with Crippen molar-refractivity contribution in [2.24, 2.45) is 0 Å². The fourth-order valence-electron chi connectivity index (χ4n) is 1.27. The van der Waals surface area contributed by atoms with Gasteiger partial charge in [-0.1, -0.05) is 13.8 Å². The first-order chi connectivity index (χ1) is 6.29. The molecule has 0 radical (unpaired) electrons. The number of hydrogen-bond donors (Lipinski definition) is 1. The van der Waals surface area contributed by atoms with E-state index in [0.29, 0.717) is 0 Å². The van der Waals surface area contributed by atoms with Crippen LogP contribution in [-0.2, 0) is 4.79 Å². The lowest BCUT2D eigenvalue weighted by Gasteiger charge is -1.96. The van der Waals surface area contributed by atoms with Gasteiger partial charge in [0, 0.05) is 6.20 Å². The van der Waals surface area contributed by atoms with Gasteiger partial charge in [-0.2, -0.15) is 0 Å². The third-order valence-corrected chi connectivity index (χ3v) is 1.97. The van der Waals surface area contributed by atoms with Crippen molar-refractivity contribution in [3.05, 3.63) is 24.0 Å². The van der Waals surface area contributed by atoms with Crippen molar-refractivity contribution in [3.8, 4) is 0 Å². The van der Waals surface area contributed by atoms with E-state index < -0.39 is 0 Å². The minimum atomic E-state index is -0.0204. The van der Waals surface area contributed by atoms with Gasteiger partial charge in [-0.05, 0) is 18.6 Å². The van der Waals surface area contributed by atoms with E-state index in [2.05, 4.69) is 10.3 Å². The summed E-state index contributed by atoms with van der Waals surface area (Å²) >= 11 is 0. The molecule has 3 heteroatoms. The summed E-state index contributed by atoms with van der Waals surface area (Å²) in [7, 11) is 0. The maximum Gasteiger partial charge on any atom is 0.231 e. The van der Waals surface area contributed by atoms with Gasteiger partial charge in [-0.25, -0.2) is 0 Å². The van der Waals surface area contributed by atoms with Crippen LogP contribution in [0.3, 0.4) is 0 Å². The van der Waals surface area contributed by atoms with Gasteiger partial charge in [0.1, 0.15) is 0 Å². The number of carbonyl (C=O) groups is 1. The number of nitrogens with one attached hydrogen (secondary N) is 1. The predicted molar refractivity (Wildman–Crippen MR) is 52.6 cm³/mol. The molecule has 0 aliphatic carbocycles. The number of aromatic nitrogens is 1. The van der Waals surface area contributed by atoms with Crippen molar-refractivity contribution >= 4 is 11.6 Å². The summed E-state index contributed by atoms with van der Waals surface area (Å²) < 4.78 is 0. The normalized spacial score (nSPS) is 18.4. The molecule has 70 valence electrons. The Morgan fingerprint density at radius 1 is 1.46 bits per heavy atom. The number of fused-ring (bicyclic) bond motifs is 1. The van der Waals surface area contributed by atoms with E-state index in [1.807, 2.05) is 26.8 Å². The van der Waals surface area contributed by atoms with Crippen LogP contribution >= 0.6 is 0 Å². The molecule has 0 aromatic carbocycles. The van der Waals surface area contributed by atoms with Crippen molar-refractivity contribution < 1.29 is 4.79 Å². The topological polar surface area (TPSA) is 42.0 Å². The molecule has 1 unspecified atom stereocenters. The fraction of sp³-hybridized carbons (Fsp3) is 0.400. The molecule has 0 saturated heterocycles. The van der Waals surface area contributed by atoms with E-state index in [1.54, 1.807) is 12.4 Å². The number of amides is 1. The van der Waals surface area contributed by atoms with Gasteiger partial charge in [0.15, 0.2) is 0 Å². The molecule has 13 heavy (non-hydrogen) atoms. The first-order valence-corrected chi connectivity index (χ1v) is 4.54. The quantitative estimate of drug-likeness (QED) is 0.661. The van der Waals surface area contributed by atoms with E-state index >= 15 is 0 Å². The standard InChI is InChI=1S/C8H8N2O.C2H6/c1-5-6-2-3-9-4-7(6)10-8(5)11;1-2/h2-5H,1H3,(H,10,11);1-2H3. The largest absolute Gasteiger partial charge is 0.324 e. The highest BCUT2D eigenvalue weighted by Crippen LogP contribution is 2.30. The second-order valence-electron chi connectivity index (χ2n) is 2.67. The van der Waals surface area contributed by atoms with Gasteiger partial charge in [0.05, 0.1) is 17.8 Å². The zero-order chi connectivity index (χ0) is 9.84. The second-order valence-corrected chi connectivity index (χ2v) is 2.67. The number of rotatable bonds is 0. The molecule has 1 aromatic rings. The smallest absolute Gasteiger partial charge is 0.231 e. The second kappa shape index (κ2) is 4.03. The van der Waals surface area contributed by atoms with Crippen LogP contribution in [0.5, 0.6) is 0 Å². The molecule has 1 N–H and O–H groups in total. The summed E-state index contributed by atoms with van der Waals surface area (Å²) in [6, 6.07) is 1.87. The molecular formula is C10H14N2O. The van der Waals surface area contributed by atoms with Crippen molar-refractivity contribution in [1.29, 1.82) is 0 Å². The lowest BCUT2D eigenvalue weighted by molar-refractivity contribution is -0.116. The van der Waals surface area contributed by atoms with Gasteiger partial charge in [0.2, 0.25) is 5.91 Å². The Labute approximate surface area is 78.2 Å². The van der Waals surface area contributed by atoms with Crippen LogP contribution in [0.1, 0.15) is 32.3 Å². The van der Waals surface area contributed by atoms with Crippen molar-refractivity contribution in [2.75, 3.05) is 5.32 Å². The highest BCUT2D eigenvalue weighted by Gasteiger charge is 2.25. The van der Waals surface area contributed by atoms with Crippen LogP contribution in [0.25, 0.3) is 0 Å². The minimum Gasteiger partial charge on any atom is -0.324 e. The molecule has 2 rings (SSSR count). The molecule has 1 aliphatic heterocycles. The SMILES string of the molecule is CC.CC1C(=O)Nc2cnccc21. The van der Waals surface area contributed by atoms with Gasteiger partial charge < -0.3 is 5.32 Å². The summed E-state index contributed by atoms with van der Waals surface area (Å²) in [5, 5.41) is 2.75. The molecule has 0 bridgehead atoms. The van der Waals surface area contributed by atoms with E-state index in [4.69, 9.17) is 0 Å². The van der Waals surface area contributed by atoms with Gasteiger partial charge in [-0.3, -0.25) is 9.78 Å². The van der Waals surface area contributed by atoms with Crippen LogP contribution in [0.15, 0.2) is 18.5 Å². The summed E-state index contributed by atoms with van der Waals surface area (Å²) in [5.74, 6) is 0.0426. The highest BCUT2D eigenvalue weighted by atomic mass is 16.2. The predicted octanol–water partition coefficient (Wildman–Crippen LogP) is 2.16. The molecule has 1 aliphatic rings. The van der Waals surface area contributed by atoms with E-state index in [0.717, 1.165) is 11.3 Å². The molecule has 0 saturated carbocycles. The first kappa shape index (κ1) is 9.71. The minimum absolute atomic E-state index is 0.0204. The summed E-state index contributed by atoms with van der Waals surface area (Å²) in [6.45, 7) is 5.89. The van der Waals surface area contributed by atoms with Crippen LogP contribution in [0.4, 0.5) is 5.69 Å². The zero-order valence-corrected chi connectivity index (χ0v) is 8.16. The highest BCUT2D eigenvalue weighted by molar-refractivity contribution is 6.02. The van der Waals surface area contributed by atoms with Crippen molar-refractivity contribution in [2.45, 2.75) is 26.7 Å². The number of nitrogens with zero attached hydrogens (tertiary/aromatic N) is 1. The third-order valence-electron chi connectivity index (χ3n) is 1.97. The van der Waals surface area contributed by atoms with E-state index in [9.17, 15) is 4.79 Å². The van der Waals surface area contributed by atoms with Gasteiger partial charge >= 0.3 is 0 Å². The lowest BCUT2D eigenvalue weighted by Crippen LogP contribution is -2.08. The third kappa shape index (κ3) is 1.69. The number of pyridine rings is 1. The molecular weight excluding hydrogens is 164 g/mol. The van der Waals surface area contributed by atoms with Crippen molar-refractivity contribution in [1.82, 2.24) is 4.98 Å². The average molecular weight is 178 g/mol. The van der Waals surface area contributed by atoms with Crippen LogP contribution in [0, 0.1) is 0 Å². The molecule has 3 nitrogen and oxygen atoms in total. The number of carbonyl (C=O) groups excluding carboxylic acids is 1. The summed E-state index contributed by atoms with van der Waals surface area (Å²) in [4.78, 5) is 15.0. The van der Waals surface area contributed by atoms with Crippen molar-refractivity contribution in [3.63, 3.8) is 0 Å². The Morgan fingerprint density at radius 3 is 2.77 bits per heavy atom. The average Bonchev–Trinajstić information content (AvgIpc) is 2.47. The Morgan fingerprint density at radius 2 is 2.15 bits per heavy atom. The van der Waals surface area contributed by atoms with E-state index in [-0.39, 0.29) is 11.8 Å². The molecule has 1 atom stereocenters. The maximum atomic E-state index is 11.1. The Bertz CT molecular complexity index is 310. The maximum absolute atomic E-state index is 11.1. The zero-order valence-electron chi connectivity index (χ0n) is 8.16. The molecule has 1 aromatic heterocycles. The first-order valence-electron chi connectivity index (χ1n) is 4.54. The van der Waals surface area contributed by atoms with Gasteiger partial charge in [0.25, 0.3) is 0 Å². The Balaban J connectivity index is 0.000000396. The summed E-state index contributed by atoms with van der Waals surface area (Å²) in [6.07, 6.45) is 3.38. The molecule has 0 spiro atoms.